The second-order valence-electron chi connectivity index (χ2n) is 5.61. The van der Waals surface area contributed by atoms with Crippen LogP contribution in [0, 0.1) is 6.92 Å². The summed E-state index contributed by atoms with van der Waals surface area (Å²) in [5.74, 6) is 0. The predicted octanol–water partition coefficient (Wildman–Crippen LogP) is 3.16. The number of hydrogen-bond donors (Lipinski definition) is 1. The van der Waals surface area contributed by atoms with Crippen molar-refractivity contribution in [3.05, 3.63) is 23.3 Å². The maximum Gasteiger partial charge on any atom is 0.243 e. The minimum absolute atomic E-state index is 0.494. The molecule has 5 heteroatoms. The van der Waals surface area contributed by atoms with Gasteiger partial charge in [0.1, 0.15) is 0 Å². The number of aryl methyl sites for hydroxylation is 1. The van der Waals surface area contributed by atoms with Gasteiger partial charge in [-0.25, -0.2) is 8.42 Å². The van der Waals surface area contributed by atoms with E-state index in [2.05, 4.69) is 12.2 Å². The average Bonchev–Trinajstić information content (AvgIpc) is 2.48. The van der Waals surface area contributed by atoms with Gasteiger partial charge >= 0.3 is 0 Å². The minimum Gasteiger partial charge on any atom is -0.385 e. The normalized spacial score (nSPS) is 14.9. The molecular weight excluding hydrogens is 284 g/mol. The molecule has 0 amide bonds. The maximum absolute atomic E-state index is 13.0. The van der Waals surface area contributed by atoms with Gasteiger partial charge in [-0.2, -0.15) is 4.31 Å². The molecular formula is C16H26N2O2S. The molecule has 1 N–H and O–H groups in total. The first-order chi connectivity index (χ1) is 10.0. The molecule has 0 bridgehead atoms. The molecule has 21 heavy (non-hydrogen) atoms. The summed E-state index contributed by atoms with van der Waals surface area (Å²) in [7, 11) is -3.39. The highest BCUT2D eigenvalue weighted by Crippen LogP contribution is 2.33. The quantitative estimate of drug-likeness (QED) is 0.878. The number of rotatable bonds is 6. The third kappa shape index (κ3) is 3.24. The fourth-order valence-corrected chi connectivity index (χ4v) is 4.63. The second-order valence-corrected chi connectivity index (χ2v) is 7.52. The zero-order valence-corrected chi connectivity index (χ0v) is 14.1. The van der Waals surface area contributed by atoms with Crippen LogP contribution in [0.2, 0.25) is 0 Å². The van der Waals surface area contributed by atoms with Crippen molar-refractivity contribution in [2.45, 2.75) is 51.3 Å². The number of unbranched alkanes of at least 4 members (excludes halogenated alkanes) is 1. The SMILES string of the molecule is CCCCN(CC)S(=O)(=O)c1ccc(C)c2c1CCCN2. The van der Waals surface area contributed by atoms with Crippen LogP contribution in [0.25, 0.3) is 0 Å². The van der Waals surface area contributed by atoms with Crippen molar-refractivity contribution in [2.24, 2.45) is 0 Å². The molecule has 0 aliphatic carbocycles. The Bertz CT molecular complexity index is 597. The Kier molecular flexibility index (Phi) is 5.27. The first-order valence-electron chi connectivity index (χ1n) is 7.88. The van der Waals surface area contributed by atoms with Gasteiger partial charge in [-0.1, -0.05) is 26.3 Å². The van der Waals surface area contributed by atoms with E-state index in [1.165, 1.54) is 0 Å². The van der Waals surface area contributed by atoms with Crippen LogP contribution in [0.4, 0.5) is 5.69 Å². The van der Waals surface area contributed by atoms with Crippen LogP contribution in [-0.2, 0) is 16.4 Å². The number of fused-ring (bicyclic) bond motifs is 1. The number of anilines is 1. The van der Waals surface area contributed by atoms with Crippen molar-refractivity contribution in [2.75, 3.05) is 25.0 Å². The van der Waals surface area contributed by atoms with Crippen molar-refractivity contribution >= 4 is 15.7 Å². The van der Waals surface area contributed by atoms with Crippen LogP contribution < -0.4 is 5.32 Å². The van der Waals surface area contributed by atoms with Crippen molar-refractivity contribution in [3.8, 4) is 0 Å². The average molecular weight is 310 g/mol. The van der Waals surface area contributed by atoms with Crippen molar-refractivity contribution in [1.29, 1.82) is 0 Å². The summed E-state index contributed by atoms with van der Waals surface area (Å²) >= 11 is 0. The predicted molar refractivity (Wildman–Crippen MR) is 87.3 cm³/mol. The van der Waals surface area contributed by atoms with Gasteiger partial charge in [-0.05, 0) is 43.4 Å². The third-order valence-electron chi connectivity index (χ3n) is 4.12. The van der Waals surface area contributed by atoms with Gasteiger partial charge in [0.15, 0.2) is 0 Å². The van der Waals surface area contributed by atoms with Gasteiger partial charge in [-0.3, -0.25) is 0 Å². The molecule has 1 aliphatic rings. The summed E-state index contributed by atoms with van der Waals surface area (Å²) in [6, 6.07) is 3.70. The summed E-state index contributed by atoms with van der Waals surface area (Å²) < 4.78 is 27.5. The third-order valence-corrected chi connectivity index (χ3v) is 6.17. The Morgan fingerprint density at radius 3 is 2.71 bits per heavy atom. The molecule has 1 aliphatic heterocycles. The van der Waals surface area contributed by atoms with Crippen LogP contribution in [0.15, 0.2) is 17.0 Å². The highest BCUT2D eigenvalue weighted by molar-refractivity contribution is 7.89. The lowest BCUT2D eigenvalue weighted by molar-refractivity contribution is 0.418. The first kappa shape index (κ1) is 16.3. The van der Waals surface area contributed by atoms with Crippen molar-refractivity contribution in [1.82, 2.24) is 4.31 Å². The summed E-state index contributed by atoms with van der Waals surface area (Å²) in [6.45, 7) is 8.07. The maximum atomic E-state index is 13.0. The Balaban J connectivity index is 2.44. The van der Waals surface area contributed by atoms with E-state index in [9.17, 15) is 8.42 Å². The fourth-order valence-electron chi connectivity index (χ4n) is 2.88. The van der Waals surface area contributed by atoms with Crippen LogP contribution in [0.5, 0.6) is 0 Å². The fraction of sp³-hybridized carbons (Fsp3) is 0.625. The number of nitrogens with one attached hydrogen (secondary N) is 1. The Morgan fingerprint density at radius 1 is 1.29 bits per heavy atom. The van der Waals surface area contributed by atoms with Gasteiger partial charge in [0.05, 0.1) is 4.90 Å². The topological polar surface area (TPSA) is 49.4 Å². The minimum atomic E-state index is -3.39. The van der Waals surface area contributed by atoms with Crippen LogP contribution in [-0.4, -0.2) is 32.4 Å². The zero-order chi connectivity index (χ0) is 15.5. The van der Waals surface area contributed by atoms with Gasteiger partial charge in [0.25, 0.3) is 0 Å². The molecule has 0 radical (unpaired) electrons. The van der Waals surface area contributed by atoms with E-state index in [-0.39, 0.29) is 0 Å². The lowest BCUT2D eigenvalue weighted by Gasteiger charge is -2.26. The van der Waals surface area contributed by atoms with E-state index in [4.69, 9.17) is 0 Å². The van der Waals surface area contributed by atoms with Gasteiger partial charge < -0.3 is 5.32 Å². The lowest BCUT2D eigenvalue weighted by Crippen LogP contribution is -2.33. The molecule has 1 aromatic rings. The molecule has 0 unspecified atom stereocenters. The Labute approximate surface area is 128 Å². The van der Waals surface area contributed by atoms with Gasteiger partial charge in [0, 0.05) is 25.3 Å². The van der Waals surface area contributed by atoms with E-state index in [0.717, 1.165) is 49.0 Å². The molecule has 1 heterocycles. The van der Waals surface area contributed by atoms with E-state index >= 15 is 0 Å². The summed E-state index contributed by atoms with van der Waals surface area (Å²) in [4.78, 5) is 0.494. The second kappa shape index (κ2) is 6.79. The van der Waals surface area contributed by atoms with Crippen LogP contribution >= 0.6 is 0 Å². The molecule has 0 atom stereocenters. The Morgan fingerprint density at radius 2 is 2.05 bits per heavy atom. The first-order valence-corrected chi connectivity index (χ1v) is 9.32. The van der Waals surface area contributed by atoms with Gasteiger partial charge in [-0.15, -0.1) is 0 Å². The number of hydrogen-bond acceptors (Lipinski definition) is 3. The molecule has 0 saturated carbocycles. The molecule has 4 nitrogen and oxygen atoms in total. The molecule has 0 spiro atoms. The zero-order valence-electron chi connectivity index (χ0n) is 13.3. The molecule has 0 fully saturated rings. The molecule has 1 aromatic carbocycles. The number of benzene rings is 1. The van der Waals surface area contributed by atoms with E-state index in [1.807, 2.05) is 19.9 Å². The monoisotopic (exact) mass is 310 g/mol. The standard InChI is InChI=1S/C16H26N2O2S/c1-4-6-12-18(5-2)21(19,20)15-10-9-13(3)16-14(15)8-7-11-17-16/h9-10,17H,4-8,11-12H2,1-3H3. The van der Waals surface area contributed by atoms with Crippen LogP contribution in [0.3, 0.4) is 0 Å². The molecule has 118 valence electrons. The van der Waals surface area contributed by atoms with E-state index < -0.39 is 10.0 Å². The number of sulfonamides is 1. The highest BCUT2D eigenvalue weighted by atomic mass is 32.2. The highest BCUT2D eigenvalue weighted by Gasteiger charge is 2.28. The Hall–Kier alpha value is -1.07. The number of nitrogens with zero attached hydrogens (tertiary/aromatic N) is 1. The van der Waals surface area contributed by atoms with E-state index in [0.29, 0.717) is 18.0 Å². The van der Waals surface area contributed by atoms with Crippen molar-refractivity contribution in [3.63, 3.8) is 0 Å². The summed E-state index contributed by atoms with van der Waals surface area (Å²) in [5, 5.41) is 3.36. The largest absolute Gasteiger partial charge is 0.385 e. The molecule has 0 aromatic heterocycles. The molecule has 0 saturated heterocycles. The molecule has 2 rings (SSSR count). The van der Waals surface area contributed by atoms with Crippen molar-refractivity contribution < 1.29 is 8.42 Å². The van der Waals surface area contributed by atoms with E-state index in [1.54, 1.807) is 10.4 Å². The summed E-state index contributed by atoms with van der Waals surface area (Å²) in [6.07, 6.45) is 3.73. The smallest absolute Gasteiger partial charge is 0.243 e. The summed E-state index contributed by atoms with van der Waals surface area (Å²) in [5.41, 5.74) is 3.12. The van der Waals surface area contributed by atoms with Gasteiger partial charge in [0.2, 0.25) is 10.0 Å². The lowest BCUT2D eigenvalue weighted by atomic mass is 10.00. The van der Waals surface area contributed by atoms with Crippen LogP contribution in [0.1, 0.15) is 44.2 Å².